The van der Waals surface area contributed by atoms with Crippen LogP contribution in [0, 0.1) is 19.3 Å². The zero-order valence-corrected chi connectivity index (χ0v) is 16.2. The van der Waals surface area contributed by atoms with E-state index in [-0.39, 0.29) is 6.61 Å². The number of rotatable bonds is 8. The molecular weight excluding hydrogens is 348 g/mol. The molecule has 26 heavy (non-hydrogen) atoms. The highest BCUT2D eigenvalue weighted by Crippen LogP contribution is 2.27. The van der Waals surface area contributed by atoms with Gasteiger partial charge in [0, 0.05) is 37.6 Å². The van der Waals surface area contributed by atoms with Gasteiger partial charge in [-0.15, -0.1) is 17.8 Å². The topological polar surface area (TPSA) is 67.8 Å². The summed E-state index contributed by atoms with van der Waals surface area (Å²) in [7, 11) is 3.35. The van der Waals surface area contributed by atoms with Crippen LogP contribution in [0.4, 0.5) is 0 Å². The van der Waals surface area contributed by atoms with Crippen LogP contribution in [0.5, 0.6) is 11.5 Å². The Morgan fingerprint density at radius 1 is 1.35 bits per heavy atom. The zero-order chi connectivity index (χ0) is 18.8. The van der Waals surface area contributed by atoms with E-state index in [2.05, 4.69) is 33.5 Å². The Morgan fingerprint density at radius 2 is 2.19 bits per heavy atom. The van der Waals surface area contributed by atoms with E-state index in [9.17, 15) is 0 Å². The third kappa shape index (κ3) is 5.97. The quantitative estimate of drug-likeness (QED) is 0.423. The molecule has 0 saturated carbocycles. The number of aryl methyl sites for hydroxylation is 1. The number of aromatic nitrogens is 1. The predicted molar refractivity (Wildman–Crippen MR) is 106 cm³/mol. The molecular formula is C19H24N4O2S. The fourth-order valence-electron chi connectivity index (χ4n) is 2.27. The summed E-state index contributed by atoms with van der Waals surface area (Å²) in [6.07, 6.45) is 8.02. The van der Waals surface area contributed by atoms with E-state index in [1.807, 2.05) is 24.4 Å². The maximum atomic E-state index is 5.53. The minimum absolute atomic E-state index is 0.201. The van der Waals surface area contributed by atoms with E-state index >= 15 is 0 Å². The number of benzene rings is 1. The predicted octanol–water partition coefficient (Wildman–Crippen LogP) is 2.38. The first-order chi connectivity index (χ1) is 12.7. The number of terminal acetylenes is 1. The standard InChI is InChI=1S/C19H24N4O2S/c1-5-10-25-17-11-15(6-7-16(17)24-4)13-23-19(20-3)21-9-8-18-22-12-14(2)26-18/h1,6-7,11-12H,8-10,13H2,2-4H3,(H2,20,21,23). The van der Waals surface area contributed by atoms with Gasteiger partial charge in [0.15, 0.2) is 17.5 Å². The van der Waals surface area contributed by atoms with Crippen LogP contribution in [-0.4, -0.2) is 38.3 Å². The van der Waals surface area contributed by atoms with Gasteiger partial charge in [0.05, 0.1) is 12.1 Å². The minimum Gasteiger partial charge on any atom is -0.493 e. The molecule has 0 unspecified atom stereocenters. The van der Waals surface area contributed by atoms with Gasteiger partial charge in [-0.2, -0.15) is 0 Å². The summed E-state index contributed by atoms with van der Waals surface area (Å²) in [4.78, 5) is 9.83. The number of nitrogens with one attached hydrogen (secondary N) is 2. The van der Waals surface area contributed by atoms with Crippen molar-refractivity contribution >= 4 is 17.3 Å². The zero-order valence-electron chi connectivity index (χ0n) is 15.3. The number of methoxy groups -OCH3 is 1. The molecule has 1 aromatic carbocycles. The van der Waals surface area contributed by atoms with Crippen molar-refractivity contribution < 1.29 is 9.47 Å². The molecule has 0 aliphatic heterocycles. The Morgan fingerprint density at radius 3 is 2.85 bits per heavy atom. The molecule has 138 valence electrons. The molecule has 7 heteroatoms. The molecule has 0 saturated heterocycles. The minimum atomic E-state index is 0.201. The van der Waals surface area contributed by atoms with Crippen molar-refractivity contribution in [3.8, 4) is 23.8 Å². The molecule has 0 aliphatic rings. The first-order valence-corrected chi connectivity index (χ1v) is 9.07. The number of hydrogen-bond donors (Lipinski definition) is 2. The van der Waals surface area contributed by atoms with Crippen LogP contribution >= 0.6 is 11.3 Å². The van der Waals surface area contributed by atoms with Crippen molar-refractivity contribution in [2.45, 2.75) is 19.9 Å². The molecule has 0 radical (unpaired) electrons. The monoisotopic (exact) mass is 372 g/mol. The Hall–Kier alpha value is -2.72. The average Bonchev–Trinajstić information content (AvgIpc) is 3.07. The molecule has 2 N–H and O–H groups in total. The van der Waals surface area contributed by atoms with E-state index in [0.717, 1.165) is 29.5 Å². The SMILES string of the molecule is C#CCOc1cc(CNC(=NC)NCCc2ncc(C)s2)ccc1OC. The summed E-state index contributed by atoms with van der Waals surface area (Å²) >= 11 is 1.72. The van der Waals surface area contributed by atoms with E-state index in [1.165, 1.54) is 4.88 Å². The first kappa shape index (κ1) is 19.6. The van der Waals surface area contributed by atoms with Gasteiger partial charge in [-0.1, -0.05) is 12.0 Å². The highest BCUT2D eigenvalue weighted by atomic mass is 32.1. The maximum Gasteiger partial charge on any atom is 0.191 e. The van der Waals surface area contributed by atoms with Crippen molar-refractivity contribution in [1.82, 2.24) is 15.6 Å². The molecule has 0 fully saturated rings. The van der Waals surface area contributed by atoms with Gasteiger partial charge >= 0.3 is 0 Å². The normalized spacial score (nSPS) is 10.9. The second-order valence-corrected chi connectivity index (χ2v) is 6.76. The number of hydrogen-bond acceptors (Lipinski definition) is 5. The summed E-state index contributed by atoms with van der Waals surface area (Å²) in [6.45, 7) is 3.64. The largest absolute Gasteiger partial charge is 0.493 e. The van der Waals surface area contributed by atoms with Gasteiger partial charge in [-0.25, -0.2) is 4.98 Å². The Bertz CT molecular complexity index is 780. The van der Waals surface area contributed by atoms with Gasteiger partial charge in [0.25, 0.3) is 0 Å². The molecule has 2 aromatic rings. The van der Waals surface area contributed by atoms with Crippen molar-refractivity contribution in [2.75, 3.05) is 27.3 Å². The summed E-state index contributed by atoms with van der Waals surface area (Å²) < 4.78 is 10.8. The number of aliphatic imine (C=N–C) groups is 1. The molecule has 0 atom stereocenters. The molecule has 1 aromatic heterocycles. The Balaban J connectivity index is 1.86. The second-order valence-electron chi connectivity index (χ2n) is 5.45. The molecule has 6 nitrogen and oxygen atoms in total. The summed E-state index contributed by atoms with van der Waals surface area (Å²) in [5, 5.41) is 7.70. The summed E-state index contributed by atoms with van der Waals surface area (Å²) in [5.41, 5.74) is 1.04. The van der Waals surface area contributed by atoms with E-state index in [0.29, 0.717) is 18.0 Å². The maximum absolute atomic E-state index is 5.53. The molecule has 0 bridgehead atoms. The lowest BCUT2D eigenvalue weighted by Crippen LogP contribution is -2.37. The van der Waals surface area contributed by atoms with Crippen molar-refractivity contribution in [3.63, 3.8) is 0 Å². The second kappa shape index (κ2) is 10.3. The van der Waals surface area contributed by atoms with Gasteiger partial charge in [0.1, 0.15) is 6.61 Å². The van der Waals surface area contributed by atoms with Gasteiger partial charge < -0.3 is 20.1 Å². The third-order valence-electron chi connectivity index (χ3n) is 3.52. The van der Waals surface area contributed by atoms with E-state index in [4.69, 9.17) is 15.9 Å². The highest BCUT2D eigenvalue weighted by molar-refractivity contribution is 7.11. The lowest BCUT2D eigenvalue weighted by atomic mass is 10.2. The van der Waals surface area contributed by atoms with Crippen LogP contribution in [0.25, 0.3) is 0 Å². The fourth-order valence-corrected chi connectivity index (χ4v) is 3.06. The van der Waals surface area contributed by atoms with Crippen LogP contribution in [0.3, 0.4) is 0 Å². The van der Waals surface area contributed by atoms with Crippen molar-refractivity contribution in [3.05, 3.63) is 39.8 Å². The van der Waals surface area contributed by atoms with Gasteiger partial charge in [-0.3, -0.25) is 4.99 Å². The first-order valence-electron chi connectivity index (χ1n) is 8.25. The number of nitrogens with zero attached hydrogens (tertiary/aromatic N) is 2. The van der Waals surface area contributed by atoms with E-state index in [1.54, 1.807) is 25.5 Å². The third-order valence-corrected chi connectivity index (χ3v) is 4.50. The number of guanidine groups is 1. The number of thiazole rings is 1. The summed E-state index contributed by atoms with van der Waals surface area (Å²) in [6, 6.07) is 5.75. The van der Waals surface area contributed by atoms with Gasteiger partial charge in [-0.05, 0) is 24.6 Å². The Labute approximate surface area is 158 Å². The summed E-state index contributed by atoms with van der Waals surface area (Å²) in [5.74, 6) is 4.48. The van der Waals surface area contributed by atoms with E-state index < -0.39 is 0 Å². The fraction of sp³-hybridized carbons (Fsp3) is 0.368. The lowest BCUT2D eigenvalue weighted by molar-refractivity contribution is 0.330. The number of ether oxygens (including phenoxy) is 2. The van der Waals surface area contributed by atoms with Crippen LogP contribution in [0.1, 0.15) is 15.4 Å². The molecule has 0 amide bonds. The average molecular weight is 372 g/mol. The van der Waals surface area contributed by atoms with Crippen LogP contribution in [-0.2, 0) is 13.0 Å². The highest BCUT2D eigenvalue weighted by Gasteiger charge is 2.06. The Kier molecular flexibility index (Phi) is 7.77. The molecule has 1 heterocycles. The van der Waals surface area contributed by atoms with Crippen LogP contribution in [0.2, 0.25) is 0 Å². The van der Waals surface area contributed by atoms with Crippen molar-refractivity contribution in [2.24, 2.45) is 4.99 Å². The van der Waals surface area contributed by atoms with Crippen molar-refractivity contribution in [1.29, 1.82) is 0 Å². The van der Waals surface area contributed by atoms with Crippen LogP contribution < -0.4 is 20.1 Å². The lowest BCUT2D eigenvalue weighted by Gasteiger charge is -2.13. The molecule has 2 rings (SSSR count). The molecule has 0 spiro atoms. The van der Waals surface area contributed by atoms with Gasteiger partial charge in [0.2, 0.25) is 0 Å². The molecule has 0 aliphatic carbocycles. The smallest absolute Gasteiger partial charge is 0.191 e. The van der Waals surface area contributed by atoms with Crippen LogP contribution in [0.15, 0.2) is 29.4 Å².